The quantitative estimate of drug-likeness (QED) is 0.799. The first-order valence-corrected chi connectivity index (χ1v) is 7.54. The predicted molar refractivity (Wildman–Crippen MR) is 80.2 cm³/mol. The number of hydrogen-bond donors (Lipinski definition) is 0. The molecule has 1 atom stereocenters. The van der Waals surface area contributed by atoms with Crippen molar-refractivity contribution in [1.29, 1.82) is 0 Å². The molecule has 2 aromatic rings. The summed E-state index contributed by atoms with van der Waals surface area (Å²) in [5.74, 6) is -0.0911. The second-order valence-electron chi connectivity index (χ2n) is 6.16. The highest BCUT2D eigenvalue weighted by Gasteiger charge is 2.30. The van der Waals surface area contributed by atoms with Gasteiger partial charge in [0, 0.05) is 37.1 Å². The molecule has 0 N–H and O–H groups in total. The fourth-order valence-corrected chi connectivity index (χ4v) is 3.68. The van der Waals surface area contributed by atoms with E-state index in [0.717, 1.165) is 37.9 Å². The van der Waals surface area contributed by atoms with E-state index in [9.17, 15) is 8.78 Å². The van der Waals surface area contributed by atoms with E-state index in [4.69, 9.17) is 4.74 Å². The van der Waals surface area contributed by atoms with Crippen molar-refractivity contribution in [3.8, 4) is 5.75 Å². The molecule has 114 valence electrons. The van der Waals surface area contributed by atoms with Crippen LogP contribution in [0.15, 0.2) is 30.3 Å². The molecule has 22 heavy (non-hydrogen) atoms. The Balaban J connectivity index is 1.86. The molecule has 4 rings (SSSR count). The number of hydrogen-bond acceptors (Lipinski definition) is 2. The van der Waals surface area contributed by atoms with Crippen molar-refractivity contribution in [2.24, 2.45) is 0 Å². The van der Waals surface area contributed by atoms with Crippen LogP contribution < -0.4 is 4.74 Å². The van der Waals surface area contributed by atoms with Crippen LogP contribution in [0.1, 0.15) is 28.2 Å². The summed E-state index contributed by atoms with van der Waals surface area (Å²) in [6.45, 7) is 2.33. The summed E-state index contributed by atoms with van der Waals surface area (Å²) in [4.78, 5) is 2.20. The molecule has 0 amide bonds. The first kappa shape index (κ1) is 13.7. The van der Waals surface area contributed by atoms with E-state index >= 15 is 0 Å². The van der Waals surface area contributed by atoms with Crippen molar-refractivity contribution < 1.29 is 13.5 Å². The van der Waals surface area contributed by atoms with Crippen molar-refractivity contribution in [2.45, 2.75) is 18.9 Å². The number of fused-ring (bicyclic) bond motifs is 3. The van der Waals surface area contributed by atoms with E-state index in [0.29, 0.717) is 5.56 Å². The van der Waals surface area contributed by atoms with Gasteiger partial charge in [-0.2, -0.15) is 0 Å². The maximum absolute atomic E-state index is 13.6. The lowest BCUT2D eigenvalue weighted by Gasteiger charge is -2.33. The minimum atomic E-state index is -0.519. The van der Waals surface area contributed by atoms with Crippen LogP contribution in [-0.2, 0) is 13.0 Å². The van der Waals surface area contributed by atoms with E-state index in [1.807, 2.05) is 13.1 Å². The summed E-state index contributed by atoms with van der Waals surface area (Å²) < 4.78 is 32.8. The van der Waals surface area contributed by atoms with Crippen molar-refractivity contribution in [2.75, 3.05) is 20.2 Å². The van der Waals surface area contributed by atoms with Crippen LogP contribution in [0.3, 0.4) is 0 Å². The maximum atomic E-state index is 13.6. The molecule has 0 aliphatic carbocycles. The largest absolute Gasteiger partial charge is 0.493 e. The van der Waals surface area contributed by atoms with Crippen molar-refractivity contribution in [3.63, 3.8) is 0 Å². The molecular formula is C18H17F2NO. The van der Waals surface area contributed by atoms with Crippen LogP contribution in [0, 0.1) is 11.6 Å². The van der Waals surface area contributed by atoms with Gasteiger partial charge in [-0.15, -0.1) is 0 Å². The number of halogens is 2. The average molecular weight is 301 g/mol. The zero-order valence-corrected chi connectivity index (χ0v) is 12.4. The Labute approximate surface area is 128 Å². The summed E-state index contributed by atoms with van der Waals surface area (Å²) in [5.41, 5.74) is 4.39. The first-order chi connectivity index (χ1) is 10.6. The van der Waals surface area contributed by atoms with Crippen LogP contribution in [0.4, 0.5) is 8.78 Å². The summed E-state index contributed by atoms with van der Waals surface area (Å²) >= 11 is 0. The third-order valence-electron chi connectivity index (χ3n) is 4.62. The normalized spacial score (nSPS) is 20.4. The highest BCUT2D eigenvalue weighted by Crippen LogP contribution is 2.40. The van der Waals surface area contributed by atoms with Gasteiger partial charge in [0.05, 0.1) is 6.61 Å². The van der Waals surface area contributed by atoms with Crippen LogP contribution in [0.2, 0.25) is 0 Å². The van der Waals surface area contributed by atoms with Crippen LogP contribution in [-0.4, -0.2) is 25.1 Å². The van der Waals surface area contributed by atoms with Crippen molar-refractivity contribution >= 4 is 0 Å². The predicted octanol–water partition coefficient (Wildman–Crippen LogP) is 3.48. The molecule has 2 nitrogen and oxygen atoms in total. The van der Waals surface area contributed by atoms with Gasteiger partial charge in [-0.1, -0.05) is 6.07 Å². The van der Waals surface area contributed by atoms with E-state index in [1.54, 1.807) is 0 Å². The molecule has 2 aromatic carbocycles. The second-order valence-corrected chi connectivity index (χ2v) is 6.16. The zero-order valence-electron chi connectivity index (χ0n) is 12.4. The lowest BCUT2D eigenvalue weighted by Crippen LogP contribution is -2.31. The third-order valence-corrected chi connectivity index (χ3v) is 4.62. The Bertz CT molecular complexity index is 724. The fourth-order valence-electron chi connectivity index (χ4n) is 3.68. The zero-order chi connectivity index (χ0) is 15.3. The highest BCUT2D eigenvalue weighted by atomic mass is 19.1. The van der Waals surface area contributed by atoms with Crippen molar-refractivity contribution in [3.05, 3.63) is 64.2 Å². The van der Waals surface area contributed by atoms with E-state index in [2.05, 4.69) is 11.0 Å². The Morgan fingerprint density at radius 1 is 1.09 bits per heavy atom. The smallest absolute Gasteiger partial charge is 0.126 e. The van der Waals surface area contributed by atoms with Gasteiger partial charge in [0.15, 0.2) is 0 Å². The molecule has 0 saturated carbocycles. The van der Waals surface area contributed by atoms with Crippen molar-refractivity contribution in [1.82, 2.24) is 4.90 Å². The average Bonchev–Trinajstić information content (AvgIpc) is 2.94. The van der Waals surface area contributed by atoms with Gasteiger partial charge in [0.1, 0.15) is 17.4 Å². The van der Waals surface area contributed by atoms with Gasteiger partial charge >= 0.3 is 0 Å². The molecule has 0 spiro atoms. The molecule has 0 saturated heterocycles. The van der Waals surface area contributed by atoms with Gasteiger partial charge in [0.2, 0.25) is 0 Å². The van der Waals surface area contributed by atoms with Crippen LogP contribution in [0.25, 0.3) is 0 Å². The Kier molecular flexibility index (Phi) is 3.15. The number of benzene rings is 2. The monoisotopic (exact) mass is 301 g/mol. The molecule has 0 radical (unpaired) electrons. The molecule has 0 fully saturated rings. The maximum Gasteiger partial charge on any atom is 0.126 e. The highest BCUT2D eigenvalue weighted by molar-refractivity contribution is 5.51. The minimum Gasteiger partial charge on any atom is -0.493 e. The fraction of sp³-hybridized carbons (Fsp3) is 0.333. The van der Waals surface area contributed by atoms with Gasteiger partial charge in [-0.3, -0.25) is 0 Å². The molecule has 4 heteroatoms. The number of rotatable bonds is 1. The SMILES string of the molecule is CN1Cc2c(ccc3c2CCO3)C(c2cc(F)cc(F)c2)C1. The standard InChI is InChI=1S/C18H17F2NO/c1-21-9-16(11-6-12(19)8-13(20)7-11)14-2-3-18-15(4-5-22-18)17(14)10-21/h2-3,6-8,16H,4-5,9-10H2,1H3. The molecular weight excluding hydrogens is 284 g/mol. The van der Waals surface area contributed by atoms with Gasteiger partial charge < -0.3 is 9.64 Å². The Morgan fingerprint density at radius 3 is 2.64 bits per heavy atom. The van der Waals surface area contributed by atoms with Crippen LogP contribution >= 0.6 is 0 Å². The summed E-state index contributed by atoms with van der Waals surface area (Å²) in [7, 11) is 2.04. The van der Waals surface area contributed by atoms with E-state index in [-0.39, 0.29) is 5.92 Å². The summed E-state index contributed by atoms with van der Waals surface area (Å²) in [6.07, 6.45) is 0.913. The molecule has 1 unspecified atom stereocenters. The number of likely N-dealkylation sites (N-methyl/N-ethyl adjacent to an activating group) is 1. The van der Waals surface area contributed by atoms with Gasteiger partial charge in [-0.25, -0.2) is 8.78 Å². The lowest BCUT2D eigenvalue weighted by molar-refractivity contribution is 0.293. The summed E-state index contributed by atoms with van der Waals surface area (Å²) in [6, 6.07) is 7.86. The molecule has 0 aromatic heterocycles. The van der Waals surface area contributed by atoms with Gasteiger partial charge in [-0.05, 0) is 41.9 Å². The summed E-state index contributed by atoms with van der Waals surface area (Å²) in [5, 5.41) is 0. The third kappa shape index (κ3) is 2.18. The Hall–Kier alpha value is -1.94. The molecule has 2 heterocycles. The first-order valence-electron chi connectivity index (χ1n) is 7.54. The van der Waals surface area contributed by atoms with E-state index in [1.165, 1.54) is 28.8 Å². The molecule has 0 bridgehead atoms. The topological polar surface area (TPSA) is 12.5 Å². The van der Waals surface area contributed by atoms with Gasteiger partial charge in [0.25, 0.3) is 0 Å². The minimum absolute atomic E-state index is 0.00940. The Morgan fingerprint density at radius 2 is 1.86 bits per heavy atom. The molecule has 2 aliphatic rings. The molecule has 2 aliphatic heterocycles. The number of nitrogens with zero attached hydrogens (tertiary/aromatic N) is 1. The second kappa shape index (κ2) is 5.06. The lowest BCUT2D eigenvalue weighted by atomic mass is 9.82. The van der Waals surface area contributed by atoms with Crippen LogP contribution in [0.5, 0.6) is 5.75 Å². The number of ether oxygens (including phenoxy) is 1. The van der Waals surface area contributed by atoms with E-state index < -0.39 is 11.6 Å².